The zero-order chi connectivity index (χ0) is 61.2. The van der Waals surface area contributed by atoms with Gasteiger partial charge in [-0.3, -0.25) is 0 Å². The van der Waals surface area contributed by atoms with Gasteiger partial charge in [0.15, 0.2) is 0 Å². The second-order valence-electron chi connectivity index (χ2n) is 26.0. The highest BCUT2D eigenvalue weighted by Gasteiger charge is 2.12. The monoisotopic (exact) mass is 1180 g/mol. The van der Waals surface area contributed by atoms with Crippen molar-refractivity contribution >= 4 is 0 Å². The Morgan fingerprint density at radius 1 is 0.226 bits per heavy atom. The summed E-state index contributed by atoms with van der Waals surface area (Å²) in [4.78, 5) is 4.44. The molecular formula is C78H154N2O4. The van der Waals surface area contributed by atoms with Crippen molar-refractivity contribution in [2.45, 2.75) is 374 Å². The SMILES string of the molecule is CCCC/C=C\CCCCCCCCCCOCC(CN(C)C)OCCCCCCCCCC/C=C\CCCC.CCCCCCCC/C=C\CCCCCCCCOCC(CN(C)C)OCCCCCCCC/C=C\CCCCCCCC. The van der Waals surface area contributed by atoms with Crippen LogP contribution in [0.15, 0.2) is 48.6 Å². The van der Waals surface area contributed by atoms with Crippen LogP contribution in [0.2, 0.25) is 0 Å². The Bertz CT molecular complexity index is 1280. The van der Waals surface area contributed by atoms with Crippen LogP contribution in [0.3, 0.4) is 0 Å². The average molecular weight is 1180 g/mol. The topological polar surface area (TPSA) is 43.4 Å². The third-order valence-corrected chi connectivity index (χ3v) is 16.4. The van der Waals surface area contributed by atoms with Gasteiger partial charge in [0.05, 0.1) is 25.4 Å². The molecule has 0 amide bonds. The number of allylic oxidation sites excluding steroid dienone is 8. The average Bonchev–Trinajstić information content (AvgIpc) is 3.48. The fourth-order valence-electron chi connectivity index (χ4n) is 10.9. The molecule has 0 spiro atoms. The Kier molecular flexibility index (Phi) is 78.5. The van der Waals surface area contributed by atoms with Gasteiger partial charge in [-0.1, -0.05) is 295 Å². The summed E-state index contributed by atoms with van der Waals surface area (Å²) in [6, 6.07) is 0. The van der Waals surface area contributed by atoms with Crippen LogP contribution < -0.4 is 0 Å². The van der Waals surface area contributed by atoms with Crippen LogP contribution >= 0.6 is 0 Å². The van der Waals surface area contributed by atoms with Gasteiger partial charge in [0.25, 0.3) is 0 Å². The molecule has 84 heavy (non-hydrogen) atoms. The Morgan fingerprint density at radius 3 is 0.643 bits per heavy atom. The number of rotatable bonds is 70. The van der Waals surface area contributed by atoms with Crippen LogP contribution in [0.5, 0.6) is 0 Å². The van der Waals surface area contributed by atoms with Crippen molar-refractivity contribution in [1.82, 2.24) is 9.80 Å². The van der Waals surface area contributed by atoms with Crippen molar-refractivity contribution in [3.8, 4) is 0 Å². The van der Waals surface area contributed by atoms with Crippen molar-refractivity contribution in [1.29, 1.82) is 0 Å². The zero-order valence-electron chi connectivity index (χ0n) is 58.7. The predicted octanol–water partition coefficient (Wildman–Crippen LogP) is 24.5. The van der Waals surface area contributed by atoms with Crippen LogP contribution in [0.1, 0.15) is 362 Å². The molecule has 0 aromatic carbocycles. The maximum atomic E-state index is 6.22. The number of hydrogen-bond donors (Lipinski definition) is 0. The Morgan fingerprint density at radius 2 is 0.417 bits per heavy atom. The Labute approximate surface area is 529 Å². The molecule has 0 aromatic heterocycles. The lowest BCUT2D eigenvalue weighted by Crippen LogP contribution is -2.32. The van der Waals surface area contributed by atoms with Crippen LogP contribution in [-0.2, 0) is 18.9 Å². The molecule has 0 aliphatic rings. The first-order valence-corrected chi connectivity index (χ1v) is 37.7. The van der Waals surface area contributed by atoms with E-state index in [9.17, 15) is 0 Å². The molecule has 0 saturated heterocycles. The molecular weight excluding hydrogens is 1030 g/mol. The lowest BCUT2D eigenvalue weighted by Gasteiger charge is -2.21. The van der Waals surface area contributed by atoms with E-state index in [2.05, 4.69) is 114 Å². The number of unbranched alkanes of at least 4 members (excludes halogenated alkanes) is 44. The fraction of sp³-hybridized carbons (Fsp3) is 0.897. The molecule has 0 N–H and O–H groups in total. The highest BCUT2D eigenvalue weighted by atomic mass is 16.5. The predicted molar refractivity (Wildman–Crippen MR) is 378 cm³/mol. The summed E-state index contributed by atoms with van der Waals surface area (Å²) >= 11 is 0. The molecule has 6 heteroatoms. The van der Waals surface area contributed by atoms with Gasteiger partial charge in [0.2, 0.25) is 0 Å². The van der Waals surface area contributed by atoms with Crippen molar-refractivity contribution in [3.05, 3.63) is 48.6 Å². The standard InChI is InChI=1S/C41H81NO2.C37H73NO2/c1-5-7-9-11-13-15-17-19-21-23-25-27-29-31-33-35-37-43-40-41(39-42(3)4)44-38-36-34-32-30-28-26-24-22-20-18-16-14-12-10-8-6-2;1-5-7-9-11-13-15-17-19-21-23-25-27-29-31-33-39-36-37(35-38(3)4)40-34-32-30-28-26-24-22-20-18-16-14-12-10-8-6-2/h19-22,41H,5-18,23-40H2,1-4H3;11-14,37H,5-10,15-36H2,1-4H3/b21-19-,22-20-;13-11-,14-12-. The van der Waals surface area contributed by atoms with Crippen LogP contribution in [-0.4, -0.2) is 103 Å². The molecule has 0 aliphatic heterocycles. The van der Waals surface area contributed by atoms with Crippen molar-refractivity contribution in [3.63, 3.8) is 0 Å². The maximum absolute atomic E-state index is 6.22. The van der Waals surface area contributed by atoms with E-state index in [0.29, 0.717) is 0 Å². The zero-order valence-corrected chi connectivity index (χ0v) is 58.7. The summed E-state index contributed by atoms with van der Waals surface area (Å²) < 4.78 is 24.5. The molecule has 0 rings (SSSR count). The van der Waals surface area contributed by atoms with Gasteiger partial charge in [0.1, 0.15) is 0 Å². The first-order chi connectivity index (χ1) is 41.4. The van der Waals surface area contributed by atoms with Gasteiger partial charge in [-0.25, -0.2) is 0 Å². The Balaban J connectivity index is 0. The molecule has 2 atom stereocenters. The van der Waals surface area contributed by atoms with Crippen molar-refractivity contribution < 1.29 is 18.9 Å². The molecule has 0 bridgehead atoms. The summed E-state index contributed by atoms with van der Waals surface area (Å²) in [5.41, 5.74) is 0. The number of nitrogens with zero attached hydrogens (tertiary/aromatic N) is 2. The van der Waals surface area contributed by atoms with E-state index in [0.717, 1.165) is 52.7 Å². The molecule has 0 fully saturated rings. The minimum atomic E-state index is 0.197. The molecule has 0 saturated carbocycles. The second-order valence-corrected chi connectivity index (χ2v) is 26.0. The van der Waals surface area contributed by atoms with E-state index < -0.39 is 0 Å². The van der Waals surface area contributed by atoms with Crippen molar-refractivity contribution in [2.24, 2.45) is 0 Å². The lowest BCUT2D eigenvalue weighted by atomic mass is 10.1. The highest BCUT2D eigenvalue weighted by Crippen LogP contribution is 2.16. The summed E-state index contributed by atoms with van der Waals surface area (Å²) in [7, 11) is 8.52. The minimum Gasteiger partial charge on any atom is -0.379 e. The molecule has 6 nitrogen and oxygen atoms in total. The number of hydrogen-bond acceptors (Lipinski definition) is 6. The minimum absolute atomic E-state index is 0.197. The molecule has 0 aliphatic carbocycles. The first-order valence-electron chi connectivity index (χ1n) is 37.7. The summed E-state index contributed by atoms with van der Waals surface area (Å²) in [5.74, 6) is 0. The van der Waals surface area contributed by atoms with E-state index in [1.807, 2.05) is 0 Å². The smallest absolute Gasteiger partial charge is 0.0934 e. The van der Waals surface area contributed by atoms with E-state index >= 15 is 0 Å². The molecule has 0 aromatic rings. The van der Waals surface area contributed by atoms with E-state index in [1.54, 1.807) is 0 Å². The van der Waals surface area contributed by atoms with Gasteiger partial charge in [-0.05, 0) is 144 Å². The summed E-state index contributed by atoms with van der Waals surface area (Å²) in [6.07, 6.45) is 89.3. The van der Waals surface area contributed by atoms with E-state index in [4.69, 9.17) is 18.9 Å². The maximum Gasteiger partial charge on any atom is 0.0934 e. The molecule has 500 valence electrons. The Hall–Kier alpha value is -1.28. The van der Waals surface area contributed by atoms with Crippen LogP contribution in [0.4, 0.5) is 0 Å². The number of likely N-dealkylation sites (N-methyl/N-ethyl adjacent to an activating group) is 2. The van der Waals surface area contributed by atoms with Gasteiger partial charge < -0.3 is 28.7 Å². The molecule has 0 radical (unpaired) electrons. The lowest BCUT2D eigenvalue weighted by molar-refractivity contribution is -0.0288. The third-order valence-electron chi connectivity index (χ3n) is 16.4. The van der Waals surface area contributed by atoms with E-state index in [1.165, 1.54) is 334 Å². The normalized spacial score (nSPS) is 12.9. The quantitative estimate of drug-likeness (QED) is 0.0447. The summed E-state index contributed by atoms with van der Waals surface area (Å²) in [5, 5.41) is 0. The summed E-state index contributed by atoms with van der Waals surface area (Å²) in [6.45, 7) is 16.0. The number of ether oxygens (including phenoxy) is 4. The van der Waals surface area contributed by atoms with Crippen molar-refractivity contribution in [2.75, 3.05) is 80.9 Å². The van der Waals surface area contributed by atoms with Gasteiger partial charge >= 0.3 is 0 Å². The fourth-order valence-corrected chi connectivity index (χ4v) is 10.9. The van der Waals surface area contributed by atoms with Gasteiger partial charge in [0, 0.05) is 39.5 Å². The first kappa shape index (κ1) is 84.8. The highest BCUT2D eigenvalue weighted by molar-refractivity contribution is 4.83. The van der Waals surface area contributed by atoms with Gasteiger partial charge in [-0.15, -0.1) is 0 Å². The molecule has 0 heterocycles. The van der Waals surface area contributed by atoms with Crippen LogP contribution in [0.25, 0.3) is 0 Å². The third kappa shape index (κ3) is 78.7. The van der Waals surface area contributed by atoms with Gasteiger partial charge in [-0.2, -0.15) is 0 Å². The van der Waals surface area contributed by atoms with Crippen LogP contribution in [0, 0.1) is 0 Å². The van der Waals surface area contributed by atoms with E-state index in [-0.39, 0.29) is 12.2 Å². The molecule has 2 unspecified atom stereocenters. The second kappa shape index (κ2) is 77.8. The largest absolute Gasteiger partial charge is 0.379 e.